The van der Waals surface area contributed by atoms with Crippen LogP contribution in [0.3, 0.4) is 0 Å². The molecule has 1 N–H and O–H groups in total. The molecule has 2 amide bonds. The zero-order valence-electron chi connectivity index (χ0n) is 6.98. The molecular weight excluding hydrogens is 158 g/mol. The molecule has 1 aromatic carbocycles. The Kier molecular flexibility index (Phi) is 1.06. The van der Waals surface area contributed by atoms with Gasteiger partial charge in [-0.25, -0.2) is 0 Å². The van der Waals surface area contributed by atoms with Crippen LogP contribution in [0, 0.1) is 0 Å². The predicted molar refractivity (Wildman–Crippen MR) is 38.7 cm³/mol. The summed E-state index contributed by atoms with van der Waals surface area (Å²) in [6, 6.07) is 6.35. The number of imide groups is 1. The van der Waals surface area contributed by atoms with E-state index in [0.29, 0.717) is 5.06 Å². The van der Waals surface area contributed by atoms with E-state index in [2.05, 4.69) is 5.21 Å². The van der Waals surface area contributed by atoms with Crippen molar-refractivity contribution in [2.24, 2.45) is 0 Å². The van der Waals surface area contributed by atoms with Gasteiger partial charge < -0.3 is 0 Å². The maximum atomic E-state index is 11.3. The summed E-state index contributed by atoms with van der Waals surface area (Å²) in [6.45, 7) is 0. The first kappa shape index (κ1) is 5.91. The Morgan fingerprint density at radius 3 is 2.08 bits per heavy atom. The molecule has 0 aromatic heterocycles. The fraction of sp³-hybridized carbons (Fsp3) is 0. The van der Waals surface area contributed by atoms with Crippen LogP contribution in [-0.4, -0.2) is 22.1 Å². The van der Waals surface area contributed by atoms with E-state index in [0.717, 1.165) is 0 Å². The first-order valence-corrected chi connectivity index (χ1v) is 3.37. The first-order chi connectivity index (χ1) is 6.25. The lowest BCUT2D eigenvalue weighted by Gasteiger charge is -1.99. The Hall–Kier alpha value is -1.68. The van der Waals surface area contributed by atoms with Crippen LogP contribution in [-0.2, 0) is 0 Å². The highest BCUT2D eigenvalue weighted by Gasteiger charge is 2.33. The molecule has 1 aromatic rings. The summed E-state index contributed by atoms with van der Waals surface area (Å²) in [5.74, 6) is -1.17. The van der Waals surface area contributed by atoms with Gasteiger partial charge in [0.1, 0.15) is 0 Å². The smallest absolute Gasteiger partial charge is 0.278 e. The molecule has 2 rings (SSSR count). The van der Waals surface area contributed by atoms with E-state index >= 15 is 0 Å². The molecule has 0 spiro atoms. The van der Waals surface area contributed by atoms with Crippen LogP contribution in [0.15, 0.2) is 24.3 Å². The maximum absolute atomic E-state index is 11.3. The zero-order chi connectivity index (χ0) is 9.42. The van der Waals surface area contributed by atoms with E-state index in [-0.39, 0.29) is 11.1 Å². The van der Waals surface area contributed by atoms with E-state index < -0.39 is 11.8 Å². The standard InChI is InChI=1S/C8H5NO3/c10-7-5-3-1-2-4-6(5)8(11)9(7)12/h1-4,12H/i12D. The number of hydrogen-bond donors (Lipinski definition) is 1. The van der Waals surface area contributed by atoms with E-state index in [1.807, 2.05) is 0 Å². The second kappa shape index (κ2) is 2.15. The molecule has 60 valence electrons. The monoisotopic (exact) mass is 164 g/mol. The van der Waals surface area contributed by atoms with Crippen molar-refractivity contribution < 1.29 is 16.2 Å². The van der Waals surface area contributed by atoms with Crippen molar-refractivity contribution in [3.63, 3.8) is 0 Å². The average molecular weight is 164 g/mol. The molecule has 0 aliphatic carbocycles. The van der Waals surface area contributed by atoms with Crippen molar-refractivity contribution in [1.82, 2.24) is 5.06 Å². The highest BCUT2D eigenvalue weighted by molar-refractivity contribution is 6.20. The Bertz CT molecular complexity index is 356. The molecule has 0 atom stereocenters. The second-order valence-electron chi connectivity index (χ2n) is 2.45. The minimum Gasteiger partial charge on any atom is -0.278 e. The first-order valence-electron chi connectivity index (χ1n) is 3.77. The number of amides is 2. The van der Waals surface area contributed by atoms with Crippen molar-refractivity contribution >= 4 is 11.8 Å². The van der Waals surface area contributed by atoms with Gasteiger partial charge in [-0.1, -0.05) is 12.1 Å². The lowest BCUT2D eigenvalue weighted by molar-refractivity contribution is -0.0327. The van der Waals surface area contributed by atoms with Crippen molar-refractivity contribution in [3.8, 4) is 0 Å². The molecule has 0 unspecified atom stereocenters. The van der Waals surface area contributed by atoms with Crippen LogP contribution >= 0.6 is 0 Å². The molecule has 4 nitrogen and oxygen atoms in total. The highest BCUT2D eigenvalue weighted by atomic mass is 16.5. The number of fused-ring (bicyclic) bond motifs is 1. The summed E-state index contributed by atoms with van der Waals surface area (Å²) >= 11 is 0. The molecule has 1 aliphatic heterocycles. The van der Waals surface area contributed by atoms with Gasteiger partial charge in [0.25, 0.3) is 11.8 Å². The number of hydroxylamine groups is 2. The van der Waals surface area contributed by atoms with Crippen molar-refractivity contribution in [1.29, 1.82) is 0 Å². The molecule has 1 aliphatic rings. The highest BCUT2D eigenvalue weighted by Crippen LogP contribution is 2.19. The molecule has 0 saturated heterocycles. The number of nitrogens with zero attached hydrogens (tertiary/aromatic N) is 1. The van der Waals surface area contributed by atoms with Gasteiger partial charge in [0.05, 0.1) is 11.1 Å². The van der Waals surface area contributed by atoms with Gasteiger partial charge in [-0.2, -0.15) is 0 Å². The van der Waals surface area contributed by atoms with Crippen LogP contribution in [0.2, 0.25) is 1.43 Å². The maximum Gasteiger partial charge on any atom is 0.285 e. The Morgan fingerprint density at radius 2 is 1.67 bits per heavy atom. The minimum atomic E-state index is -0.587. The topological polar surface area (TPSA) is 57.6 Å². The summed E-state index contributed by atoms with van der Waals surface area (Å²) in [7, 11) is 0. The Labute approximate surface area is 69.5 Å². The van der Waals surface area contributed by atoms with Gasteiger partial charge in [-0.05, 0) is 12.1 Å². The summed E-state index contributed by atoms with van der Waals surface area (Å²) < 4.78 is 6.52. The molecule has 0 saturated carbocycles. The second-order valence-corrected chi connectivity index (χ2v) is 2.45. The SMILES string of the molecule is [2H]ON1C(=O)c2ccccc2C1=O. The van der Waals surface area contributed by atoms with Gasteiger partial charge in [0.2, 0.25) is 1.43 Å². The van der Waals surface area contributed by atoms with E-state index in [1.165, 1.54) is 12.1 Å². The van der Waals surface area contributed by atoms with Crippen LogP contribution in [0.5, 0.6) is 0 Å². The van der Waals surface area contributed by atoms with Crippen LogP contribution < -0.4 is 0 Å². The van der Waals surface area contributed by atoms with Crippen LogP contribution in [0.4, 0.5) is 0 Å². The van der Waals surface area contributed by atoms with Gasteiger partial charge in [-0.15, -0.1) is 5.06 Å². The number of rotatable bonds is 1. The third-order valence-electron chi connectivity index (χ3n) is 1.76. The molecule has 0 bridgehead atoms. The normalized spacial score (nSPS) is 16.3. The van der Waals surface area contributed by atoms with E-state index in [1.54, 1.807) is 12.1 Å². The van der Waals surface area contributed by atoms with Gasteiger partial charge in [0.15, 0.2) is 0 Å². The fourth-order valence-corrected chi connectivity index (χ4v) is 1.17. The van der Waals surface area contributed by atoms with E-state index in [9.17, 15) is 9.59 Å². The molecule has 0 fully saturated rings. The summed E-state index contributed by atoms with van der Waals surface area (Å²) in [4.78, 5) is 22.6. The summed E-state index contributed by atoms with van der Waals surface area (Å²) in [5, 5.41) is 4.32. The van der Waals surface area contributed by atoms with Gasteiger partial charge >= 0.3 is 0 Å². The zero-order valence-corrected chi connectivity index (χ0v) is 5.98. The molecule has 12 heavy (non-hydrogen) atoms. The Balaban J connectivity index is 2.57. The summed E-state index contributed by atoms with van der Waals surface area (Å²) in [6.07, 6.45) is 0. The van der Waals surface area contributed by atoms with Gasteiger partial charge in [-0.3, -0.25) is 14.8 Å². The van der Waals surface area contributed by atoms with E-state index in [4.69, 9.17) is 1.43 Å². The average Bonchev–Trinajstić information content (AvgIpc) is 2.41. The third kappa shape index (κ3) is 0.695. The predicted octanol–water partition coefficient (Wildman–Crippen LogP) is 0.672. The summed E-state index contributed by atoms with van der Waals surface area (Å²) in [5.41, 5.74) is 0.555. The molecule has 0 radical (unpaired) electrons. The van der Waals surface area contributed by atoms with Crippen LogP contribution in [0.25, 0.3) is 0 Å². The van der Waals surface area contributed by atoms with Gasteiger partial charge in [0, 0.05) is 0 Å². The largest absolute Gasteiger partial charge is 0.285 e. The molecule has 1 heterocycles. The molecule has 4 heteroatoms. The quantitative estimate of drug-likeness (QED) is 0.490. The van der Waals surface area contributed by atoms with Crippen LogP contribution in [0.1, 0.15) is 20.7 Å². The van der Waals surface area contributed by atoms with Crippen molar-refractivity contribution in [3.05, 3.63) is 35.4 Å². The number of carbonyl (C=O) groups excluding carboxylic acids is 2. The van der Waals surface area contributed by atoms with Crippen molar-refractivity contribution in [2.45, 2.75) is 0 Å². The fourth-order valence-electron chi connectivity index (χ4n) is 1.17. The van der Waals surface area contributed by atoms with Crippen molar-refractivity contribution in [2.75, 3.05) is 0 Å². The number of benzene rings is 1. The lowest BCUT2D eigenvalue weighted by Crippen LogP contribution is -2.25. The Morgan fingerprint density at radius 1 is 1.17 bits per heavy atom. The minimum absolute atomic E-state index is 0.278. The third-order valence-corrected chi connectivity index (χ3v) is 1.76. The number of hydrogen-bond acceptors (Lipinski definition) is 3. The lowest BCUT2D eigenvalue weighted by atomic mass is 10.1. The number of carbonyl (C=O) groups is 2. The molecular formula is C8H5NO3.